The molecule has 2 unspecified atom stereocenters. The Bertz CT molecular complexity index is 2940. The molecule has 0 bridgehead atoms. The lowest BCUT2D eigenvalue weighted by Gasteiger charge is -2.28. The number of hydrogen-bond acceptors (Lipinski definition) is 2. The summed E-state index contributed by atoms with van der Waals surface area (Å²) in [4.78, 5) is 2.88. The zero-order chi connectivity index (χ0) is 52.6. The summed E-state index contributed by atoms with van der Waals surface area (Å²) in [5, 5.41) is 0. The molecule has 0 N–H and O–H groups in total. The van der Waals surface area contributed by atoms with Crippen molar-refractivity contribution in [3.8, 4) is 32.7 Å². The minimum atomic E-state index is 0.344. The van der Waals surface area contributed by atoms with Gasteiger partial charge < -0.3 is 0 Å². The average Bonchev–Trinajstić information content (AvgIpc) is 4.13. The summed E-state index contributed by atoms with van der Waals surface area (Å²) in [5.74, 6) is 0.744. The maximum absolute atomic E-state index is 2.73. The van der Waals surface area contributed by atoms with Crippen LogP contribution in [0.4, 0.5) is 0 Å². The van der Waals surface area contributed by atoms with Crippen LogP contribution in [-0.2, 0) is 25.7 Å². The smallest absolute Gasteiger partial charge is 0.0459 e. The Balaban J connectivity index is 1.21. The van der Waals surface area contributed by atoms with Gasteiger partial charge in [-0.05, 0) is 191 Å². The first kappa shape index (κ1) is 56.2. The topological polar surface area (TPSA) is 0 Å². The molecule has 9 rings (SSSR count). The van der Waals surface area contributed by atoms with Crippen LogP contribution in [0.2, 0.25) is 0 Å². The second-order valence-corrected chi connectivity index (χ2v) is 25.9. The predicted molar refractivity (Wildman–Crippen MR) is 340 cm³/mol. The van der Waals surface area contributed by atoms with Crippen molar-refractivity contribution in [1.29, 1.82) is 0 Å². The van der Waals surface area contributed by atoms with Crippen molar-refractivity contribution >= 4 is 43.2 Å². The third-order valence-corrected chi connectivity index (χ3v) is 19.7. The van der Waals surface area contributed by atoms with Crippen molar-refractivity contribution in [1.82, 2.24) is 0 Å². The van der Waals surface area contributed by atoms with E-state index >= 15 is 0 Å². The maximum Gasteiger partial charge on any atom is 0.0459 e. The molecule has 2 aromatic heterocycles. The summed E-state index contributed by atoms with van der Waals surface area (Å²) in [6, 6.07) is 32.9. The highest BCUT2D eigenvalue weighted by atomic mass is 32.1. The van der Waals surface area contributed by atoms with Crippen molar-refractivity contribution in [3.05, 3.63) is 164 Å². The van der Waals surface area contributed by atoms with Gasteiger partial charge in [0.05, 0.1) is 0 Å². The summed E-state index contributed by atoms with van der Waals surface area (Å²) in [5.41, 5.74) is 23.6. The molecule has 0 nitrogen and oxygen atoms in total. The highest BCUT2D eigenvalue weighted by Gasteiger charge is 2.39. The number of unbranched alkanes of at least 4 members (excludes halogenated alkanes) is 20. The molecular formula is C74H94S2. The minimum absolute atomic E-state index is 0.344. The Labute approximate surface area is 470 Å². The van der Waals surface area contributed by atoms with Crippen LogP contribution in [0, 0.1) is 19.8 Å². The number of allylic oxidation sites excluding steroid dienone is 8. The normalized spacial score (nSPS) is 15.6. The van der Waals surface area contributed by atoms with E-state index in [-0.39, 0.29) is 0 Å². The van der Waals surface area contributed by atoms with E-state index < -0.39 is 0 Å². The van der Waals surface area contributed by atoms with Gasteiger partial charge in [0, 0.05) is 31.0 Å². The molecule has 2 heterocycles. The lowest BCUT2D eigenvalue weighted by molar-refractivity contribution is 0.605. The summed E-state index contributed by atoms with van der Waals surface area (Å²) in [6.45, 7) is 14.0. The predicted octanol–water partition coefficient (Wildman–Crippen LogP) is 23.9. The largest absolute Gasteiger partial charge is 0.140 e. The number of aryl methyl sites for hydroxylation is 6. The third kappa shape index (κ3) is 14.0. The first-order valence-electron chi connectivity index (χ1n) is 31.2. The summed E-state index contributed by atoms with van der Waals surface area (Å²) >= 11 is 3.99. The van der Waals surface area contributed by atoms with Crippen LogP contribution < -0.4 is 0 Å². The number of thiophene rings is 2. The molecule has 0 amide bonds. The SMILES string of the molecule is CCCCCCCCc1cc(-c2cc(C3=CC4c5ccccc5C5=CC=CC(=C3)C54)cc(-c3cc(CCCCCCCC)c(-c4cc5sc(C)cc5s4)cc3CCCCCCCC)c2)c(CCCCCCCC)cc1C. The van der Waals surface area contributed by atoms with E-state index in [1.807, 2.05) is 22.7 Å². The highest BCUT2D eigenvalue weighted by Crippen LogP contribution is 2.55. The van der Waals surface area contributed by atoms with E-state index in [2.05, 4.69) is 151 Å². The number of hydrogen-bond donors (Lipinski definition) is 0. The van der Waals surface area contributed by atoms with E-state index in [9.17, 15) is 0 Å². The van der Waals surface area contributed by atoms with Crippen LogP contribution in [0.3, 0.4) is 0 Å². The number of rotatable bonds is 32. The van der Waals surface area contributed by atoms with Crippen molar-refractivity contribution in [2.75, 3.05) is 0 Å². The molecule has 3 aliphatic rings. The first-order chi connectivity index (χ1) is 37.4. The van der Waals surface area contributed by atoms with Gasteiger partial charge in [0.2, 0.25) is 0 Å². The van der Waals surface area contributed by atoms with Crippen molar-refractivity contribution in [2.24, 2.45) is 5.92 Å². The van der Waals surface area contributed by atoms with Crippen LogP contribution in [0.15, 0.2) is 115 Å². The quantitative estimate of drug-likeness (QED) is 0.0369. The maximum atomic E-state index is 2.73. The molecule has 0 aliphatic heterocycles. The monoisotopic (exact) mass is 1050 g/mol. The Morgan fingerprint density at radius 1 is 0.434 bits per heavy atom. The average molecular weight is 1050 g/mol. The van der Waals surface area contributed by atoms with E-state index in [0.29, 0.717) is 11.8 Å². The van der Waals surface area contributed by atoms with Crippen molar-refractivity contribution < 1.29 is 0 Å². The molecule has 2 heteroatoms. The second kappa shape index (κ2) is 28.4. The molecule has 2 atom stereocenters. The lowest BCUT2D eigenvalue weighted by Crippen LogP contribution is -2.13. The van der Waals surface area contributed by atoms with Gasteiger partial charge in [-0.15, -0.1) is 22.7 Å². The van der Waals surface area contributed by atoms with Gasteiger partial charge in [0.25, 0.3) is 0 Å². The van der Waals surface area contributed by atoms with Crippen LogP contribution in [0.25, 0.3) is 53.2 Å². The Hall–Kier alpha value is -4.50. The fourth-order valence-electron chi connectivity index (χ4n) is 13.2. The zero-order valence-corrected chi connectivity index (χ0v) is 49.8. The van der Waals surface area contributed by atoms with Crippen molar-refractivity contribution in [3.63, 3.8) is 0 Å². The molecule has 0 saturated heterocycles. The standard InChI is InChI=1S/C74H94S2/c1-7-11-15-19-23-27-34-55-48-67(56(42-53(55)5)35-28-24-20-16-12-8-2)62-45-60(61-44-59-38-33-41-66-64-39-31-32-40-65(64)70(51-61)74(59)66)46-63(47-62)68-49-58(37-30-26-22-18-14-10-4)69(50-57(68)36-29-25-21-17-13-9-3)71-52-73-72(76-71)43-54(6)75-73/h31-33,38-52,70,74H,7-30,34-37H2,1-6H3. The molecule has 0 radical (unpaired) electrons. The third-order valence-electron chi connectivity index (χ3n) is 17.5. The van der Waals surface area contributed by atoms with Gasteiger partial charge in [-0.3, -0.25) is 0 Å². The second-order valence-electron chi connectivity index (χ2n) is 23.5. The van der Waals surface area contributed by atoms with Crippen LogP contribution in [0.5, 0.6) is 0 Å². The Kier molecular flexibility index (Phi) is 21.0. The molecule has 402 valence electrons. The lowest BCUT2D eigenvalue weighted by atomic mass is 9.75. The summed E-state index contributed by atoms with van der Waals surface area (Å²) in [7, 11) is 0. The molecule has 0 spiro atoms. The molecular weight excluding hydrogens is 953 g/mol. The van der Waals surface area contributed by atoms with Gasteiger partial charge in [0.15, 0.2) is 0 Å². The molecule has 4 aromatic carbocycles. The van der Waals surface area contributed by atoms with E-state index in [0.717, 1.165) is 19.3 Å². The van der Waals surface area contributed by atoms with Crippen LogP contribution >= 0.6 is 22.7 Å². The number of benzene rings is 4. The van der Waals surface area contributed by atoms with Gasteiger partial charge in [-0.2, -0.15) is 0 Å². The highest BCUT2D eigenvalue weighted by molar-refractivity contribution is 7.29. The van der Waals surface area contributed by atoms with Gasteiger partial charge in [-0.1, -0.05) is 229 Å². The fraction of sp³-hybridized carbons (Fsp3) is 0.486. The van der Waals surface area contributed by atoms with Gasteiger partial charge in [-0.25, -0.2) is 0 Å². The fourth-order valence-corrected chi connectivity index (χ4v) is 15.6. The molecule has 0 saturated carbocycles. The van der Waals surface area contributed by atoms with Gasteiger partial charge in [0.1, 0.15) is 0 Å². The van der Waals surface area contributed by atoms with Gasteiger partial charge >= 0.3 is 0 Å². The molecule has 76 heavy (non-hydrogen) atoms. The zero-order valence-electron chi connectivity index (χ0n) is 48.2. The molecule has 0 fully saturated rings. The number of fused-ring (bicyclic) bond motifs is 4. The summed E-state index contributed by atoms with van der Waals surface area (Å²) < 4.78 is 2.90. The molecule has 6 aromatic rings. The van der Waals surface area contributed by atoms with Crippen molar-refractivity contribution in [2.45, 2.75) is 227 Å². The Morgan fingerprint density at radius 2 is 0.921 bits per heavy atom. The minimum Gasteiger partial charge on any atom is -0.140 e. The summed E-state index contributed by atoms with van der Waals surface area (Å²) in [6.07, 6.45) is 48.6. The van der Waals surface area contributed by atoms with E-state index in [4.69, 9.17) is 0 Å². The Morgan fingerprint density at radius 3 is 1.51 bits per heavy atom. The van der Waals surface area contributed by atoms with Crippen LogP contribution in [-0.4, -0.2) is 0 Å². The first-order valence-corrected chi connectivity index (χ1v) is 32.9. The van der Waals surface area contributed by atoms with E-state index in [1.54, 1.807) is 22.3 Å². The van der Waals surface area contributed by atoms with Crippen LogP contribution in [0.1, 0.15) is 237 Å². The van der Waals surface area contributed by atoms with E-state index in [1.165, 1.54) is 246 Å². The molecule has 3 aliphatic carbocycles.